The molecule has 0 unspecified atom stereocenters. The van der Waals surface area contributed by atoms with Crippen molar-refractivity contribution in [3.05, 3.63) is 28.8 Å². The molecule has 0 aliphatic carbocycles. The minimum absolute atomic E-state index is 0.462. The molecule has 0 aromatic heterocycles. The maximum Gasteiger partial charge on any atom is 0.0426 e. The molecule has 0 bridgehead atoms. The molecule has 1 aliphatic heterocycles. The van der Waals surface area contributed by atoms with Gasteiger partial charge in [0.1, 0.15) is 0 Å². The smallest absolute Gasteiger partial charge is 0.0426 e. The Hall–Kier alpha value is -0.730. The second kappa shape index (κ2) is 7.02. The molecule has 0 radical (unpaired) electrons. The Bertz CT molecular complexity index is 468. The Kier molecular flexibility index (Phi) is 5.56. The van der Waals surface area contributed by atoms with E-state index in [-0.39, 0.29) is 0 Å². The van der Waals surface area contributed by atoms with Crippen LogP contribution in [0.4, 0.5) is 5.69 Å². The van der Waals surface area contributed by atoms with Gasteiger partial charge in [0.25, 0.3) is 0 Å². The van der Waals surface area contributed by atoms with Crippen molar-refractivity contribution in [1.82, 2.24) is 5.32 Å². The van der Waals surface area contributed by atoms with Gasteiger partial charge in [-0.15, -0.1) is 0 Å². The average molecular weight is 309 g/mol. The van der Waals surface area contributed by atoms with Gasteiger partial charge in [-0.25, -0.2) is 0 Å². The second-order valence-corrected chi connectivity index (χ2v) is 7.75. The zero-order chi connectivity index (χ0) is 15.5. The molecule has 0 amide bonds. The summed E-state index contributed by atoms with van der Waals surface area (Å²) in [4.78, 5) is 2.53. The molecule has 1 aromatic carbocycles. The SMILES string of the molecule is CC(C)NCc1ccc(Cl)cc1N1CCCC(C)(C)CC1. The van der Waals surface area contributed by atoms with Gasteiger partial charge in [-0.05, 0) is 42.4 Å². The lowest BCUT2D eigenvalue weighted by atomic mass is 9.85. The van der Waals surface area contributed by atoms with Crippen molar-refractivity contribution in [2.24, 2.45) is 5.41 Å². The number of hydrogen-bond donors (Lipinski definition) is 1. The normalized spacial score (nSPS) is 18.9. The Morgan fingerprint density at radius 1 is 1.24 bits per heavy atom. The molecule has 1 aliphatic rings. The third kappa shape index (κ3) is 4.89. The molecule has 1 N–H and O–H groups in total. The highest BCUT2D eigenvalue weighted by atomic mass is 35.5. The van der Waals surface area contributed by atoms with Crippen molar-refractivity contribution in [3.8, 4) is 0 Å². The van der Waals surface area contributed by atoms with Gasteiger partial charge in [0.05, 0.1) is 0 Å². The van der Waals surface area contributed by atoms with Crippen LogP contribution in [-0.4, -0.2) is 19.1 Å². The number of hydrogen-bond acceptors (Lipinski definition) is 2. The first-order valence-electron chi connectivity index (χ1n) is 8.14. The van der Waals surface area contributed by atoms with Gasteiger partial charge in [-0.1, -0.05) is 45.4 Å². The summed E-state index contributed by atoms with van der Waals surface area (Å²) < 4.78 is 0. The minimum atomic E-state index is 0.462. The minimum Gasteiger partial charge on any atom is -0.371 e. The molecular formula is C18H29ClN2. The van der Waals surface area contributed by atoms with Gasteiger partial charge in [0.2, 0.25) is 0 Å². The number of nitrogens with zero attached hydrogens (tertiary/aromatic N) is 1. The highest BCUT2D eigenvalue weighted by molar-refractivity contribution is 6.30. The lowest BCUT2D eigenvalue weighted by Gasteiger charge is -2.27. The third-order valence-corrected chi connectivity index (χ3v) is 4.66. The van der Waals surface area contributed by atoms with Crippen molar-refractivity contribution >= 4 is 17.3 Å². The van der Waals surface area contributed by atoms with Gasteiger partial charge < -0.3 is 10.2 Å². The van der Waals surface area contributed by atoms with E-state index in [9.17, 15) is 0 Å². The topological polar surface area (TPSA) is 15.3 Å². The Morgan fingerprint density at radius 3 is 2.71 bits per heavy atom. The summed E-state index contributed by atoms with van der Waals surface area (Å²) in [6.07, 6.45) is 3.82. The molecule has 2 rings (SSSR count). The predicted octanol–water partition coefficient (Wildman–Crippen LogP) is 4.85. The Balaban J connectivity index is 2.18. The number of halogens is 1. The zero-order valence-electron chi connectivity index (χ0n) is 13.9. The van der Waals surface area contributed by atoms with Crippen LogP contribution in [0, 0.1) is 5.41 Å². The molecule has 0 atom stereocenters. The first-order chi connectivity index (χ1) is 9.87. The quantitative estimate of drug-likeness (QED) is 0.855. The van der Waals surface area contributed by atoms with Crippen molar-refractivity contribution in [3.63, 3.8) is 0 Å². The molecule has 118 valence electrons. The van der Waals surface area contributed by atoms with Crippen molar-refractivity contribution in [2.75, 3.05) is 18.0 Å². The largest absolute Gasteiger partial charge is 0.371 e. The van der Waals surface area contributed by atoms with E-state index in [0.29, 0.717) is 11.5 Å². The number of anilines is 1. The lowest BCUT2D eigenvalue weighted by molar-refractivity contribution is 0.325. The standard InChI is InChI=1S/C18H29ClN2/c1-14(2)20-13-15-6-7-16(19)12-17(15)21-10-5-8-18(3,4)9-11-21/h6-7,12,14,20H,5,8-11,13H2,1-4H3. The summed E-state index contributed by atoms with van der Waals surface area (Å²) in [7, 11) is 0. The van der Waals surface area contributed by atoms with Crippen LogP contribution in [0.2, 0.25) is 5.02 Å². The number of rotatable bonds is 4. The van der Waals surface area contributed by atoms with Crippen LogP contribution in [0.25, 0.3) is 0 Å². The summed E-state index contributed by atoms with van der Waals surface area (Å²) in [5.41, 5.74) is 3.13. The van der Waals surface area contributed by atoms with Gasteiger partial charge >= 0.3 is 0 Å². The highest BCUT2D eigenvalue weighted by Crippen LogP contribution is 2.33. The lowest BCUT2D eigenvalue weighted by Crippen LogP contribution is -2.28. The first kappa shape index (κ1) is 16.6. The van der Waals surface area contributed by atoms with E-state index in [0.717, 1.165) is 24.7 Å². The molecule has 1 aromatic rings. The van der Waals surface area contributed by atoms with Crippen LogP contribution in [0.15, 0.2) is 18.2 Å². The van der Waals surface area contributed by atoms with Gasteiger partial charge in [-0.3, -0.25) is 0 Å². The van der Waals surface area contributed by atoms with Crippen molar-refractivity contribution in [2.45, 2.75) is 59.5 Å². The van der Waals surface area contributed by atoms with E-state index in [1.165, 1.54) is 30.5 Å². The maximum absolute atomic E-state index is 6.25. The van der Waals surface area contributed by atoms with Crippen LogP contribution in [0.1, 0.15) is 52.5 Å². The Labute approximate surface area is 134 Å². The third-order valence-electron chi connectivity index (χ3n) is 4.43. The van der Waals surface area contributed by atoms with Crippen LogP contribution < -0.4 is 10.2 Å². The summed E-state index contributed by atoms with van der Waals surface area (Å²) in [5, 5.41) is 4.36. The Morgan fingerprint density at radius 2 is 2.00 bits per heavy atom. The fourth-order valence-corrected chi connectivity index (χ4v) is 3.13. The molecule has 1 saturated heterocycles. The molecule has 3 heteroatoms. The fourth-order valence-electron chi connectivity index (χ4n) is 2.96. The molecular weight excluding hydrogens is 280 g/mol. The van der Waals surface area contributed by atoms with Crippen molar-refractivity contribution < 1.29 is 0 Å². The zero-order valence-corrected chi connectivity index (χ0v) is 14.6. The van der Waals surface area contributed by atoms with Crippen LogP contribution >= 0.6 is 11.6 Å². The van der Waals surface area contributed by atoms with E-state index in [1.54, 1.807) is 0 Å². The van der Waals surface area contributed by atoms with Crippen molar-refractivity contribution in [1.29, 1.82) is 0 Å². The average Bonchev–Trinajstić information content (AvgIpc) is 2.58. The summed E-state index contributed by atoms with van der Waals surface area (Å²) in [6.45, 7) is 12.3. The van der Waals surface area contributed by atoms with E-state index >= 15 is 0 Å². The molecule has 2 nitrogen and oxygen atoms in total. The second-order valence-electron chi connectivity index (χ2n) is 7.31. The fraction of sp³-hybridized carbons (Fsp3) is 0.667. The molecule has 1 heterocycles. The highest BCUT2D eigenvalue weighted by Gasteiger charge is 2.24. The van der Waals surface area contributed by atoms with E-state index in [1.807, 2.05) is 6.07 Å². The number of nitrogens with one attached hydrogen (secondary N) is 1. The van der Waals surface area contributed by atoms with Gasteiger partial charge in [0, 0.05) is 36.4 Å². The van der Waals surface area contributed by atoms with Gasteiger partial charge in [0.15, 0.2) is 0 Å². The van der Waals surface area contributed by atoms with E-state index in [4.69, 9.17) is 11.6 Å². The first-order valence-corrected chi connectivity index (χ1v) is 8.52. The molecule has 21 heavy (non-hydrogen) atoms. The van der Waals surface area contributed by atoms with Gasteiger partial charge in [-0.2, -0.15) is 0 Å². The van der Waals surface area contributed by atoms with Crippen LogP contribution in [0.5, 0.6) is 0 Å². The predicted molar refractivity (Wildman–Crippen MR) is 93.3 cm³/mol. The molecule has 1 fully saturated rings. The number of benzene rings is 1. The summed E-state index contributed by atoms with van der Waals surface area (Å²) in [6, 6.07) is 6.81. The van der Waals surface area contributed by atoms with Crippen LogP contribution in [-0.2, 0) is 6.54 Å². The summed E-state index contributed by atoms with van der Waals surface area (Å²) >= 11 is 6.25. The van der Waals surface area contributed by atoms with E-state index in [2.05, 4.69) is 50.0 Å². The molecule has 0 saturated carbocycles. The summed E-state index contributed by atoms with van der Waals surface area (Å²) in [5.74, 6) is 0. The monoisotopic (exact) mass is 308 g/mol. The molecule has 0 spiro atoms. The van der Waals surface area contributed by atoms with E-state index < -0.39 is 0 Å². The maximum atomic E-state index is 6.25. The van der Waals surface area contributed by atoms with Crippen LogP contribution in [0.3, 0.4) is 0 Å².